The molecular weight excluding hydrogens is 261 g/mol. The molecule has 5 heteroatoms. The lowest BCUT2D eigenvalue weighted by Gasteiger charge is -2.37. The van der Waals surface area contributed by atoms with Gasteiger partial charge in [-0.1, -0.05) is 0 Å². The number of carbonyl (C=O) groups is 1. The Kier molecular flexibility index (Phi) is 4.60. The molecule has 0 saturated carbocycles. The van der Waals surface area contributed by atoms with Gasteiger partial charge in [0.2, 0.25) is 0 Å². The maximum absolute atomic E-state index is 13.5. The van der Waals surface area contributed by atoms with Crippen molar-refractivity contribution in [3.8, 4) is 0 Å². The summed E-state index contributed by atoms with van der Waals surface area (Å²) in [4.78, 5) is 14.0. The number of hydrogen-bond acceptors (Lipinski definition) is 4. The van der Waals surface area contributed by atoms with E-state index in [2.05, 4.69) is 0 Å². The predicted octanol–water partition coefficient (Wildman–Crippen LogP) is 2.62. The third-order valence-electron chi connectivity index (χ3n) is 3.22. The SMILES string of the molecule is CCOC(=O)c1ccc(F)cc1N1C[C@@H](C)O[C@@H](C)C1. The van der Waals surface area contributed by atoms with Crippen LogP contribution in [0.15, 0.2) is 18.2 Å². The summed E-state index contributed by atoms with van der Waals surface area (Å²) in [7, 11) is 0. The van der Waals surface area contributed by atoms with Crippen LogP contribution in [0.3, 0.4) is 0 Å². The van der Waals surface area contributed by atoms with E-state index in [0.29, 0.717) is 30.9 Å². The number of hydrogen-bond donors (Lipinski definition) is 0. The van der Waals surface area contributed by atoms with E-state index in [9.17, 15) is 9.18 Å². The van der Waals surface area contributed by atoms with Crippen LogP contribution in [0.1, 0.15) is 31.1 Å². The van der Waals surface area contributed by atoms with E-state index in [1.807, 2.05) is 18.7 Å². The van der Waals surface area contributed by atoms with Gasteiger partial charge in [0.1, 0.15) is 5.82 Å². The largest absolute Gasteiger partial charge is 0.462 e. The zero-order valence-electron chi connectivity index (χ0n) is 12.1. The highest BCUT2D eigenvalue weighted by Gasteiger charge is 2.26. The molecule has 0 aromatic heterocycles. The molecule has 0 amide bonds. The molecule has 20 heavy (non-hydrogen) atoms. The zero-order chi connectivity index (χ0) is 14.7. The van der Waals surface area contributed by atoms with Crippen molar-refractivity contribution in [2.45, 2.75) is 33.0 Å². The molecule has 1 saturated heterocycles. The van der Waals surface area contributed by atoms with Crippen molar-refractivity contribution in [2.24, 2.45) is 0 Å². The second-order valence-corrected chi connectivity index (χ2v) is 5.04. The highest BCUT2D eigenvalue weighted by Crippen LogP contribution is 2.26. The van der Waals surface area contributed by atoms with Gasteiger partial charge in [-0.05, 0) is 39.0 Å². The molecule has 0 bridgehead atoms. The zero-order valence-corrected chi connectivity index (χ0v) is 12.1. The van der Waals surface area contributed by atoms with E-state index in [1.54, 1.807) is 6.92 Å². The van der Waals surface area contributed by atoms with Gasteiger partial charge < -0.3 is 14.4 Å². The standard InChI is InChI=1S/C15H20FNO3/c1-4-19-15(18)13-6-5-12(16)7-14(13)17-8-10(2)20-11(3)9-17/h5-7,10-11H,4,8-9H2,1-3H3/t10-,11+. The van der Waals surface area contributed by atoms with E-state index in [-0.39, 0.29) is 18.0 Å². The molecule has 1 aromatic rings. The van der Waals surface area contributed by atoms with Gasteiger partial charge in [-0.3, -0.25) is 0 Å². The van der Waals surface area contributed by atoms with Gasteiger partial charge in [-0.25, -0.2) is 9.18 Å². The minimum atomic E-state index is -0.422. The average molecular weight is 281 g/mol. The lowest BCUT2D eigenvalue weighted by Crippen LogP contribution is -2.46. The number of morpholine rings is 1. The van der Waals surface area contributed by atoms with Crippen molar-refractivity contribution in [1.82, 2.24) is 0 Å². The second-order valence-electron chi connectivity index (χ2n) is 5.04. The summed E-state index contributed by atoms with van der Waals surface area (Å²) in [5.74, 6) is -0.783. The van der Waals surface area contributed by atoms with Crippen LogP contribution in [0, 0.1) is 5.82 Å². The van der Waals surface area contributed by atoms with Crippen molar-refractivity contribution in [2.75, 3.05) is 24.6 Å². The summed E-state index contributed by atoms with van der Waals surface area (Å²) in [6, 6.07) is 4.15. The molecule has 0 N–H and O–H groups in total. The molecule has 0 unspecified atom stereocenters. The fourth-order valence-corrected chi connectivity index (χ4v) is 2.52. The number of halogens is 1. The van der Waals surface area contributed by atoms with Gasteiger partial charge in [0.25, 0.3) is 0 Å². The first-order valence-corrected chi connectivity index (χ1v) is 6.88. The highest BCUT2D eigenvalue weighted by atomic mass is 19.1. The Morgan fingerprint density at radius 3 is 2.65 bits per heavy atom. The fourth-order valence-electron chi connectivity index (χ4n) is 2.52. The Balaban J connectivity index is 2.33. The number of nitrogens with zero attached hydrogens (tertiary/aromatic N) is 1. The summed E-state index contributed by atoms with van der Waals surface area (Å²) < 4.78 is 24.2. The molecule has 1 fully saturated rings. The summed E-state index contributed by atoms with van der Waals surface area (Å²) >= 11 is 0. The Bertz CT molecular complexity index is 482. The van der Waals surface area contributed by atoms with E-state index in [0.717, 1.165) is 0 Å². The average Bonchev–Trinajstić information content (AvgIpc) is 2.37. The first-order valence-electron chi connectivity index (χ1n) is 6.88. The van der Waals surface area contributed by atoms with Crippen LogP contribution in [0.4, 0.5) is 10.1 Å². The molecule has 0 aliphatic carbocycles. The minimum absolute atomic E-state index is 0.0389. The number of benzene rings is 1. The van der Waals surface area contributed by atoms with E-state index in [4.69, 9.17) is 9.47 Å². The Hall–Kier alpha value is -1.62. The van der Waals surface area contributed by atoms with Crippen molar-refractivity contribution in [3.05, 3.63) is 29.6 Å². The molecule has 1 aliphatic rings. The number of ether oxygens (including phenoxy) is 2. The first kappa shape index (κ1) is 14.8. The Morgan fingerprint density at radius 1 is 1.40 bits per heavy atom. The van der Waals surface area contributed by atoms with Crippen molar-refractivity contribution in [3.63, 3.8) is 0 Å². The van der Waals surface area contributed by atoms with Gasteiger partial charge in [0.05, 0.1) is 30.1 Å². The van der Waals surface area contributed by atoms with Crippen LogP contribution in [-0.2, 0) is 9.47 Å². The van der Waals surface area contributed by atoms with Gasteiger partial charge >= 0.3 is 5.97 Å². The maximum Gasteiger partial charge on any atom is 0.340 e. The number of rotatable bonds is 3. The molecule has 4 nitrogen and oxygen atoms in total. The predicted molar refractivity (Wildman–Crippen MR) is 74.6 cm³/mol. The minimum Gasteiger partial charge on any atom is -0.462 e. The molecule has 0 spiro atoms. The van der Waals surface area contributed by atoms with Crippen molar-refractivity contribution in [1.29, 1.82) is 0 Å². The van der Waals surface area contributed by atoms with Crippen LogP contribution >= 0.6 is 0 Å². The molecule has 0 radical (unpaired) electrons. The van der Waals surface area contributed by atoms with Gasteiger partial charge in [0, 0.05) is 13.1 Å². The third-order valence-corrected chi connectivity index (χ3v) is 3.22. The Morgan fingerprint density at radius 2 is 2.05 bits per heavy atom. The van der Waals surface area contributed by atoms with Gasteiger partial charge in [-0.2, -0.15) is 0 Å². The summed E-state index contributed by atoms with van der Waals surface area (Å²) in [5, 5.41) is 0. The van der Waals surface area contributed by atoms with Gasteiger partial charge in [0.15, 0.2) is 0 Å². The normalized spacial score (nSPS) is 22.7. The second kappa shape index (κ2) is 6.22. The molecule has 2 rings (SSSR count). The fraction of sp³-hybridized carbons (Fsp3) is 0.533. The first-order chi connectivity index (χ1) is 9.51. The van der Waals surface area contributed by atoms with E-state index < -0.39 is 5.97 Å². The van der Waals surface area contributed by atoms with Crippen molar-refractivity contribution < 1.29 is 18.7 Å². The topological polar surface area (TPSA) is 38.8 Å². The molecule has 1 aromatic carbocycles. The van der Waals surface area contributed by atoms with Crippen molar-refractivity contribution >= 4 is 11.7 Å². The van der Waals surface area contributed by atoms with E-state index >= 15 is 0 Å². The summed E-state index contributed by atoms with van der Waals surface area (Å²) in [6.07, 6.45) is 0.0779. The molecule has 110 valence electrons. The van der Waals surface area contributed by atoms with Gasteiger partial charge in [-0.15, -0.1) is 0 Å². The number of esters is 1. The Labute approximate surface area is 118 Å². The molecule has 1 aliphatic heterocycles. The summed E-state index contributed by atoms with van der Waals surface area (Å²) in [5.41, 5.74) is 0.972. The monoisotopic (exact) mass is 281 g/mol. The molecular formula is C15H20FNO3. The van der Waals surface area contributed by atoms with Crippen LogP contribution in [-0.4, -0.2) is 37.9 Å². The van der Waals surface area contributed by atoms with Crippen LogP contribution < -0.4 is 4.90 Å². The number of anilines is 1. The smallest absolute Gasteiger partial charge is 0.340 e. The highest BCUT2D eigenvalue weighted by molar-refractivity contribution is 5.96. The third kappa shape index (κ3) is 3.28. The molecule has 2 atom stereocenters. The lowest BCUT2D eigenvalue weighted by atomic mass is 10.1. The van der Waals surface area contributed by atoms with Crippen LogP contribution in [0.5, 0.6) is 0 Å². The van der Waals surface area contributed by atoms with Crippen LogP contribution in [0.2, 0.25) is 0 Å². The van der Waals surface area contributed by atoms with E-state index in [1.165, 1.54) is 18.2 Å². The number of carbonyl (C=O) groups excluding carboxylic acids is 1. The van der Waals surface area contributed by atoms with Crippen LogP contribution in [0.25, 0.3) is 0 Å². The lowest BCUT2D eigenvalue weighted by molar-refractivity contribution is -0.00537. The summed E-state index contributed by atoms with van der Waals surface area (Å²) in [6.45, 7) is 7.23. The molecule has 1 heterocycles. The maximum atomic E-state index is 13.5. The quantitative estimate of drug-likeness (QED) is 0.798.